The fourth-order valence-corrected chi connectivity index (χ4v) is 3.07. The van der Waals surface area contributed by atoms with Crippen LogP contribution in [0.1, 0.15) is 37.0 Å². The topological polar surface area (TPSA) is 87.3 Å². The Hall–Kier alpha value is -2.57. The summed E-state index contributed by atoms with van der Waals surface area (Å²) in [5, 5.41) is 9.20. The van der Waals surface area contributed by atoms with Crippen LogP contribution in [0.4, 0.5) is 5.69 Å². The third kappa shape index (κ3) is 7.35. The number of anilines is 1. The molecule has 2 aromatic carbocycles. The summed E-state index contributed by atoms with van der Waals surface area (Å²) in [7, 11) is 0. The summed E-state index contributed by atoms with van der Waals surface area (Å²) in [6.07, 6.45) is 0.718. The highest BCUT2D eigenvalue weighted by molar-refractivity contribution is 6.33. The van der Waals surface area contributed by atoms with Gasteiger partial charge in [-0.25, -0.2) is 0 Å². The minimum absolute atomic E-state index is 0.121. The number of halogens is 2. The Labute approximate surface area is 186 Å². The Morgan fingerprint density at radius 1 is 0.967 bits per heavy atom. The molecule has 0 aliphatic heterocycles. The van der Waals surface area contributed by atoms with Crippen LogP contribution in [-0.4, -0.2) is 30.3 Å². The van der Waals surface area contributed by atoms with E-state index in [9.17, 15) is 14.4 Å². The minimum atomic E-state index is -0.711. The van der Waals surface area contributed by atoms with Crippen molar-refractivity contribution in [2.75, 3.05) is 11.9 Å². The van der Waals surface area contributed by atoms with E-state index in [1.807, 2.05) is 13.8 Å². The van der Waals surface area contributed by atoms with Gasteiger partial charge in [0.1, 0.15) is 6.04 Å². The van der Waals surface area contributed by atoms with Crippen molar-refractivity contribution in [1.29, 1.82) is 0 Å². The Morgan fingerprint density at radius 3 is 2.27 bits per heavy atom. The Kier molecular flexibility index (Phi) is 9.15. The van der Waals surface area contributed by atoms with Gasteiger partial charge in [-0.05, 0) is 48.7 Å². The number of amides is 3. The largest absolute Gasteiger partial charge is 0.354 e. The first-order valence-corrected chi connectivity index (χ1v) is 10.4. The van der Waals surface area contributed by atoms with Gasteiger partial charge < -0.3 is 16.0 Å². The maximum atomic E-state index is 12.5. The molecule has 0 aromatic heterocycles. The molecule has 6 nitrogen and oxygen atoms in total. The molecule has 1 unspecified atom stereocenters. The second-order valence-electron chi connectivity index (χ2n) is 7.12. The number of hydrogen-bond donors (Lipinski definition) is 3. The van der Waals surface area contributed by atoms with E-state index in [-0.39, 0.29) is 24.2 Å². The monoisotopic (exact) mass is 449 g/mol. The van der Waals surface area contributed by atoms with E-state index in [0.29, 0.717) is 34.3 Å². The van der Waals surface area contributed by atoms with Gasteiger partial charge in [-0.2, -0.15) is 0 Å². The zero-order valence-corrected chi connectivity index (χ0v) is 18.4. The van der Waals surface area contributed by atoms with E-state index in [1.54, 1.807) is 48.5 Å². The summed E-state index contributed by atoms with van der Waals surface area (Å²) in [5.74, 6) is -0.982. The molecule has 0 saturated heterocycles. The highest BCUT2D eigenvalue weighted by Crippen LogP contribution is 2.16. The summed E-state index contributed by atoms with van der Waals surface area (Å²) in [6, 6.07) is 12.8. The van der Waals surface area contributed by atoms with Crippen LogP contribution in [0.3, 0.4) is 0 Å². The first kappa shape index (κ1) is 23.7. The van der Waals surface area contributed by atoms with Crippen molar-refractivity contribution in [3.63, 3.8) is 0 Å². The van der Waals surface area contributed by atoms with Crippen LogP contribution in [0.25, 0.3) is 0 Å². The van der Waals surface area contributed by atoms with Crippen molar-refractivity contribution >= 4 is 46.6 Å². The smallest absolute Gasteiger partial charge is 0.253 e. The molecule has 2 aromatic rings. The van der Waals surface area contributed by atoms with Crippen LogP contribution in [0.15, 0.2) is 48.5 Å². The average molecular weight is 450 g/mol. The molecular formula is C22H25Cl2N3O3. The van der Waals surface area contributed by atoms with Crippen LogP contribution < -0.4 is 16.0 Å². The molecule has 3 amide bonds. The van der Waals surface area contributed by atoms with Gasteiger partial charge >= 0.3 is 0 Å². The maximum Gasteiger partial charge on any atom is 0.253 e. The zero-order chi connectivity index (χ0) is 22.1. The first-order chi connectivity index (χ1) is 14.3. The van der Waals surface area contributed by atoms with Crippen LogP contribution in [0, 0.1) is 5.92 Å². The molecule has 0 fully saturated rings. The third-order valence-corrected chi connectivity index (χ3v) is 4.94. The van der Waals surface area contributed by atoms with Crippen LogP contribution in [0.5, 0.6) is 0 Å². The maximum absolute atomic E-state index is 12.5. The molecule has 8 heteroatoms. The Bertz CT molecular complexity index is 885. The summed E-state index contributed by atoms with van der Waals surface area (Å²) in [5.41, 5.74) is 0.979. The average Bonchev–Trinajstić information content (AvgIpc) is 2.71. The number of carbonyl (C=O) groups excluding carboxylic acids is 3. The summed E-state index contributed by atoms with van der Waals surface area (Å²) in [6.45, 7) is 4.01. The summed E-state index contributed by atoms with van der Waals surface area (Å²) >= 11 is 11.9. The standard InChI is InChI=1S/C22H25Cl2N3O3/c1-14(2)20(27-21(29)17-6-3-4-7-18(17)24)22(30)25-13-5-8-19(28)26-16-11-9-15(23)10-12-16/h3-4,6-7,9-12,14,20H,5,8,13H2,1-2H3,(H,25,30)(H,26,28)(H,27,29). The molecule has 0 aliphatic carbocycles. The number of hydrogen-bond acceptors (Lipinski definition) is 3. The Morgan fingerprint density at radius 2 is 1.63 bits per heavy atom. The molecule has 0 bridgehead atoms. The molecule has 0 heterocycles. The van der Waals surface area contributed by atoms with Crippen molar-refractivity contribution in [1.82, 2.24) is 10.6 Å². The predicted octanol–water partition coefficient (Wildman–Crippen LogP) is 4.28. The Balaban J connectivity index is 1.79. The highest BCUT2D eigenvalue weighted by Gasteiger charge is 2.25. The van der Waals surface area contributed by atoms with E-state index in [2.05, 4.69) is 16.0 Å². The van der Waals surface area contributed by atoms with Gasteiger partial charge in [-0.3, -0.25) is 14.4 Å². The molecule has 1 atom stereocenters. The van der Waals surface area contributed by atoms with Crippen molar-refractivity contribution in [2.24, 2.45) is 5.92 Å². The second-order valence-corrected chi connectivity index (χ2v) is 7.97. The number of benzene rings is 2. The van der Waals surface area contributed by atoms with E-state index in [1.165, 1.54) is 0 Å². The SMILES string of the molecule is CC(C)C(NC(=O)c1ccccc1Cl)C(=O)NCCCC(=O)Nc1ccc(Cl)cc1. The normalized spacial score (nSPS) is 11.6. The lowest BCUT2D eigenvalue weighted by molar-refractivity contribution is -0.124. The van der Waals surface area contributed by atoms with Gasteiger partial charge in [-0.15, -0.1) is 0 Å². The third-order valence-electron chi connectivity index (χ3n) is 4.36. The molecule has 0 saturated carbocycles. The molecule has 3 N–H and O–H groups in total. The first-order valence-electron chi connectivity index (χ1n) is 9.66. The fourth-order valence-electron chi connectivity index (χ4n) is 2.73. The van der Waals surface area contributed by atoms with E-state index < -0.39 is 11.9 Å². The number of nitrogens with one attached hydrogen (secondary N) is 3. The van der Waals surface area contributed by atoms with Crippen molar-refractivity contribution in [3.8, 4) is 0 Å². The molecular weight excluding hydrogens is 425 g/mol. The fraction of sp³-hybridized carbons (Fsp3) is 0.318. The van der Waals surface area contributed by atoms with Crippen molar-refractivity contribution in [3.05, 3.63) is 64.1 Å². The van der Waals surface area contributed by atoms with Gasteiger partial charge in [0.15, 0.2) is 0 Å². The minimum Gasteiger partial charge on any atom is -0.354 e. The van der Waals surface area contributed by atoms with Gasteiger partial charge in [0.05, 0.1) is 10.6 Å². The van der Waals surface area contributed by atoms with Gasteiger partial charge in [0.25, 0.3) is 5.91 Å². The summed E-state index contributed by atoms with van der Waals surface area (Å²) < 4.78 is 0. The zero-order valence-electron chi connectivity index (χ0n) is 16.9. The molecule has 0 radical (unpaired) electrons. The lowest BCUT2D eigenvalue weighted by Gasteiger charge is -2.22. The molecule has 30 heavy (non-hydrogen) atoms. The van der Waals surface area contributed by atoms with Gasteiger partial charge in [-0.1, -0.05) is 49.2 Å². The second kappa shape index (κ2) is 11.6. The quantitative estimate of drug-likeness (QED) is 0.499. The van der Waals surface area contributed by atoms with E-state index >= 15 is 0 Å². The molecule has 160 valence electrons. The molecule has 2 rings (SSSR count). The van der Waals surface area contributed by atoms with E-state index in [0.717, 1.165) is 0 Å². The summed E-state index contributed by atoms with van der Waals surface area (Å²) in [4.78, 5) is 37.0. The van der Waals surface area contributed by atoms with Crippen LogP contribution >= 0.6 is 23.2 Å². The predicted molar refractivity (Wildman–Crippen MR) is 120 cm³/mol. The highest BCUT2D eigenvalue weighted by atomic mass is 35.5. The molecule has 0 aliphatic rings. The number of rotatable bonds is 9. The lowest BCUT2D eigenvalue weighted by Crippen LogP contribution is -2.50. The van der Waals surface area contributed by atoms with Gasteiger partial charge in [0.2, 0.25) is 11.8 Å². The van der Waals surface area contributed by atoms with Gasteiger partial charge in [0, 0.05) is 23.7 Å². The lowest BCUT2D eigenvalue weighted by atomic mass is 10.0. The van der Waals surface area contributed by atoms with Crippen LogP contribution in [0.2, 0.25) is 10.0 Å². The molecule has 0 spiro atoms. The van der Waals surface area contributed by atoms with E-state index in [4.69, 9.17) is 23.2 Å². The van der Waals surface area contributed by atoms with Crippen molar-refractivity contribution < 1.29 is 14.4 Å². The van der Waals surface area contributed by atoms with Crippen LogP contribution in [-0.2, 0) is 9.59 Å². The number of carbonyl (C=O) groups is 3. The van der Waals surface area contributed by atoms with Crippen molar-refractivity contribution in [2.45, 2.75) is 32.7 Å².